The number of ether oxygens (including phenoxy) is 1. The van der Waals surface area contributed by atoms with Crippen LogP contribution < -0.4 is 10.1 Å². The Morgan fingerprint density at radius 1 is 1.15 bits per heavy atom. The van der Waals surface area contributed by atoms with E-state index in [1.54, 1.807) is 47.6 Å². The summed E-state index contributed by atoms with van der Waals surface area (Å²) in [6.07, 6.45) is 2.04. The second-order valence-corrected chi connectivity index (χ2v) is 5.61. The van der Waals surface area contributed by atoms with Crippen LogP contribution in [0.25, 0.3) is 5.82 Å². The maximum absolute atomic E-state index is 12.2. The molecule has 6 nitrogen and oxygen atoms in total. The van der Waals surface area contributed by atoms with Crippen LogP contribution in [0.1, 0.15) is 15.9 Å². The Labute approximate surface area is 152 Å². The molecule has 0 unspecified atom stereocenters. The lowest BCUT2D eigenvalue weighted by atomic mass is 10.2. The van der Waals surface area contributed by atoms with Crippen molar-refractivity contribution < 1.29 is 22.7 Å². The van der Waals surface area contributed by atoms with Crippen molar-refractivity contribution in [2.45, 2.75) is 12.7 Å². The summed E-state index contributed by atoms with van der Waals surface area (Å²) < 4.78 is 42.7. The predicted octanol–water partition coefficient (Wildman–Crippen LogP) is 3.14. The first-order chi connectivity index (χ1) is 12.9. The van der Waals surface area contributed by atoms with E-state index in [1.807, 2.05) is 0 Å². The van der Waals surface area contributed by atoms with Crippen LogP contribution in [-0.4, -0.2) is 33.2 Å². The summed E-state index contributed by atoms with van der Waals surface area (Å²) >= 11 is 0. The van der Waals surface area contributed by atoms with Crippen molar-refractivity contribution in [1.29, 1.82) is 0 Å². The molecule has 0 radical (unpaired) electrons. The van der Waals surface area contributed by atoms with Gasteiger partial charge in [-0.25, -0.2) is 9.97 Å². The Morgan fingerprint density at radius 2 is 1.93 bits per heavy atom. The third-order valence-electron chi connectivity index (χ3n) is 3.56. The van der Waals surface area contributed by atoms with Gasteiger partial charge in [0.25, 0.3) is 5.91 Å². The fourth-order valence-corrected chi connectivity index (χ4v) is 2.22. The van der Waals surface area contributed by atoms with Crippen molar-refractivity contribution in [2.75, 3.05) is 6.61 Å². The molecule has 1 amide bonds. The van der Waals surface area contributed by atoms with E-state index in [9.17, 15) is 18.0 Å². The Morgan fingerprint density at radius 3 is 2.52 bits per heavy atom. The van der Waals surface area contributed by atoms with Crippen molar-refractivity contribution in [3.8, 4) is 11.6 Å². The van der Waals surface area contributed by atoms with Crippen LogP contribution in [-0.2, 0) is 6.54 Å². The number of pyridine rings is 1. The summed E-state index contributed by atoms with van der Waals surface area (Å²) in [5.74, 6) is 0.442. The summed E-state index contributed by atoms with van der Waals surface area (Å²) in [5.41, 5.74) is 1.12. The number of benzene rings is 1. The lowest BCUT2D eigenvalue weighted by molar-refractivity contribution is -0.153. The van der Waals surface area contributed by atoms with E-state index in [2.05, 4.69) is 20.0 Å². The quantitative estimate of drug-likeness (QED) is 0.718. The lowest BCUT2D eigenvalue weighted by Crippen LogP contribution is -2.23. The number of amides is 1. The molecule has 27 heavy (non-hydrogen) atoms. The van der Waals surface area contributed by atoms with Gasteiger partial charge in [-0.3, -0.25) is 9.36 Å². The Hall–Kier alpha value is -3.36. The number of hydrogen-bond acceptors (Lipinski definition) is 4. The number of carbonyl (C=O) groups excluding carboxylic acids is 1. The molecule has 9 heteroatoms. The molecule has 0 aliphatic heterocycles. The number of halogens is 3. The highest BCUT2D eigenvalue weighted by Gasteiger charge is 2.28. The standard InChI is InChI=1S/C18H15F3N4O2/c19-18(20,21)11-27-15-4-1-13(2-5-15)9-24-17(26)14-3-6-16(23-10-14)25-8-7-22-12-25/h1-8,10,12H,9,11H2,(H,24,26). The van der Waals surface area contributed by atoms with Gasteiger partial charge in [0.1, 0.15) is 17.9 Å². The molecule has 0 aliphatic rings. The molecule has 0 saturated carbocycles. The van der Waals surface area contributed by atoms with E-state index < -0.39 is 12.8 Å². The minimum absolute atomic E-state index is 0.113. The monoisotopic (exact) mass is 376 g/mol. The van der Waals surface area contributed by atoms with Gasteiger partial charge in [0, 0.05) is 25.1 Å². The number of nitrogens with zero attached hydrogens (tertiary/aromatic N) is 3. The Bertz CT molecular complexity index is 876. The average molecular weight is 376 g/mol. The number of imidazole rings is 1. The summed E-state index contributed by atoms with van der Waals surface area (Å²) in [5, 5.41) is 2.73. The van der Waals surface area contributed by atoms with Crippen LogP contribution in [0.4, 0.5) is 13.2 Å². The number of aromatic nitrogens is 3. The molecule has 3 aromatic rings. The smallest absolute Gasteiger partial charge is 0.422 e. The second kappa shape index (κ2) is 7.90. The van der Waals surface area contributed by atoms with Crippen molar-refractivity contribution in [3.05, 3.63) is 72.4 Å². The van der Waals surface area contributed by atoms with Gasteiger partial charge in [-0.2, -0.15) is 13.2 Å². The number of rotatable bonds is 6. The third kappa shape index (κ3) is 5.30. The number of hydrogen-bond donors (Lipinski definition) is 1. The van der Waals surface area contributed by atoms with Gasteiger partial charge in [0.05, 0.1) is 5.56 Å². The average Bonchev–Trinajstić information content (AvgIpc) is 3.19. The minimum atomic E-state index is -4.38. The zero-order chi connectivity index (χ0) is 19.3. The maximum atomic E-state index is 12.2. The van der Waals surface area contributed by atoms with Crippen molar-refractivity contribution >= 4 is 5.91 Å². The van der Waals surface area contributed by atoms with Crippen LogP contribution >= 0.6 is 0 Å². The highest BCUT2D eigenvalue weighted by Crippen LogP contribution is 2.18. The molecule has 0 saturated heterocycles. The zero-order valence-electron chi connectivity index (χ0n) is 14.0. The van der Waals surface area contributed by atoms with Gasteiger partial charge >= 0.3 is 6.18 Å². The maximum Gasteiger partial charge on any atom is 0.422 e. The van der Waals surface area contributed by atoms with Gasteiger partial charge in [-0.05, 0) is 29.8 Å². The van der Waals surface area contributed by atoms with E-state index in [0.29, 0.717) is 11.4 Å². The normalized spacial score (nSPS) is 11.2. The van der Waals surface area contributed by atoms with Crippen LogP contribution in [0.3, 0.4) is 0 Å². The fourth-order valence-electron chi connectivity index (χ4n) is 2.22. The van der Waals surface area contributed by atoms with E-state index in [-0.39, 0.29) is 18.2 Å². The molecule has 1 N–H and O–H groups in total. The molecular weight excluding hydrogens is 361 g/mol. The van der Waals surface area contributed by atoms with Crippen LogP contribution in [0.5, 0.6) is 5.75 Å². The number of alkyl halides is 3. The minimum Gasteiger partial charge on any atom is -0.484 e. The summed E-state index contributed by atoms with van der Waals surface area (Å²) in [6, 6.07) is 9.37. The third-order valence-corrected chi connectivity index (χ3v) is 3.56. The molecule has 140 valence electrons. The van der Waals surface area contributed by atoms with Crippen LogP contribution in [0, 0.1) is 0 Å². The SMILES string of the molecule is O=C(NCc1ccc(OCC(F)(F)F)cc1)c1ccc(-n2ccnc2)nc1. The number of nitrogens with one attached hydrogen (secondary N) is 1. The van der Waals surface area contributed by atoms with Crippen molar-refractivity contribution in [2.24, 2.45) is 0 Å². The van der Waals surface area contributed by atoms with Crippen LogP contribution in [0.15, 0.2) is 61.3 Å². The first-order valence-corrected chi connectivity index (χ1v) is 7.92. The van der Waals surface area contributed by atoms with E-state index >= 15 is 0 Å². The topological polar surface area (TPSA) is 69.0 Å². The molecule has 0 atom stereocenters. The molecule has 0 bridgehead atoms. The molecule has 0 aliphatic carbocycles. The zero-order valence-corrected chi connectivity index (χ0v) is 14.0. The molecule has 0 fully saturated rings. The molecule has 3 rings (SSSR count). The van der Waals surface area contributed by atoms with E-state index in [4.69, 9.17) is 0 Å². The lowest BCUT2D eigenvalue weighted by Gasteiger charge is -2.10. The van der Waals surface area contributed by atoms with E-state index in [1.165, 1.54) is 18.3 Å². The van der Waals surface area contributed by atoms with Gasteiger partial charge in [0.2, 0.25) is 0 Å². The Balaban J connectivity index is 1.53. The molecule has 2 aromatic heterocycles. The van der Waals surface area contributed by atoms with Crippen molar-refractivity contribution in [1.82, 2.24) is 19.9 Å². The molecular formula is C18H15F3N4O2. The summed E-state index contributed by atoms with van der Waals surface area (Å²) in [4.78, 5) is 20.3. The predicted molar refractivity (Wildman–Crippen MR) is 90.5 cm³/mol. The highest BCUT2D eigenvalue weighted by molar-refractivity contribution is 5.93. The van der Waals surface area contributed by atoms with Gasteiger partial charge in [-0.1, -0.05) is 12.1 Å². The first kappa shape index (κ1) is 18.4. The largest absolute Gasteiger partial charge is 0.484 e. The Kier molecular flexibility index (Phi) is 5.39. The number of carbonyl (C=O) groups is 1. The molecule has 1 aromatic carbocycles. The van der Waals surface area contributed by atoms with Crippen molar-refractivity contribution in [3.63, 3.8) is 0 Å². The second-order valence-electron chi connectivity index (χ2n) is 5.61. The van der Waals surface area contributed by atoms with Gasteiger partial charge in [0.15, 0.2) is 6.61 Å². The van der Waals surface area contributed by atoms with Gasteiger partial charge in [-0.15, -0.1) is 0 Å². The van der Waals surface area contributed by atoms with Crippen LogP contribution in [0.2, 0.25) is 0 Å². The summed E-state index contributed by atoms with van der Waals surface area (Å²) in [6.45, 7) is -1.12. The summed E-state index contributed by atoms with van der Waals surface area (Å²) in [7, 11) is 0. The highest BCUT2D eigenvalue weighted by atomic mass is 19.4. The van der Waals surface area contributed by atoms with E-state index in [0.717, 1.165) is 5.56 Å². The first-order valence-electron chi connectivity index (χ1n) is 7.92. The fraction of sp³-hybridized carbons (Fsp3) is 0.167. The van der Waals surface area contributed by atoms with Gasteiger partial charge < -0.3 is 10.1 Å². The molecule has 0 spiro atoms. The molecule has 2 heterocycles.